The summed E-state index contributed by atoms with van der Waals surface area (Å²) in [5.74, 6) is 0.0581. The highest BCUT2D eigenvalue weighted by molar-refractivity contribution is 6.03. The molecule has 0 saturated heterocycles. The number of nitrogens with one attached hydrogen (secondary N) is 3. The molecule has 0 aliphatic heterocycles. The van der Waals surface area contributed by atoms with Crippen LogP contribution in [0.5, 0.6) is 0 Å². The van der Waals surface area contributed by atoms with Crippen LogP contribution in [-0.4, -0.2) is 27.6 Å². The normalized spacial score (nSPS) is 10.8. The van der Waals surface area contributed by atoms with Gasteiger partial charge in [-0.25, -0.2) is 0 Å². The van der Waals surface area contributed by atoms with Gasteiger partial charge in [-0.05, 0) is 51.1 Å². The van der Waals surface area contributed by atoms with Crippen LogP contribution in [0, 0.1) is 0 Å². The van der Waals surface area contributed by atoms with E-state index in [1.165, 1.54) is 6.92 Å². The Hall–Kier alpha value is -2.96. The number of carbonyl (C=O) groups excluding carboxylic acids is 2. The standard InChI is InChI=1S/C17H21N5O2/c1-11(23)18-12-6-5-7-13(10-12)19-16(24)14-8-9-15(22-21-14)20-17(2,3)4/h5-10H,1-4H3,(H,18,23)(H,19,24)(H,20,22). The lowest BCUT2D eigenvalue weighted by atomic mass is 10.1. The molecular formula is C17H21N5O2. The Morgan fingerprint density at radius 2 is 1.62 bits per heavy atom. The molecule has 2 aromatic rings. The zero-order valence-corrected chi connectivity index (χ0v) is 14.2. The van der Waals surface area contributed by atoms with E-state index < -0.39 is 0 Å². The van der Waals surface area contributed by atoms with Crippen LogP contribution in [0.15, 0.2) is 36.4 Å². The van der Waals surface area contributed by atoms with Crippen LogP contribution >= 0.6 is 0 Å². The number of aromatic nitrogens is 2. The molecule has 24 heavy (non-hydrogen) atoms. The Balaban J connectivity index is 2.06. The molecule has 2 rings (SSSR count). The third-order valence-corrected chi connectivity index (χ3v) is 2.84. The lowest BCUT2D eigenvalue weighted by Crippen LogP contribution is -2.27. The summed E-state index contributed by atoms with van der Waals surface area (Å²) >= 11 is 0. The topological polar surface area (TPSA) is 96.0 Å². The van der Waals surface area contributed by atoms with Gasteiger partial charge in [0.05, 0.1) is 0 Å². The van der Waals surface area contributed by atoms with E-state index in [4.69, 9.17) is 0 Å². The second kappa shape index (κ2) is 7.08. The maximum Gasteiger partial charge on any atom is 0.276 e. The summed E-state index contributed by atoms with van der Waals surface area (Å²) in [5.41, 5.74) is 1.24. The summed E-state index contributed by atoms with van der Waals surface area (Å²) in [4.78, 5) is 23.3. The Labute approximate surface area is 140 Å². The molecule has 0 bridgehead atoms. The summed E-state index contributed by atoms with van der Waals surface area (Å²) in [6.45, 7) is 7.46. The van der Waals surface area contributed by atoms with Crippen molar-refractivity contribution in [1.29, 1.82) is 0 Å². The monoisotopic (exact) mass is 327 g/mol. The fraction of sp³-hybridized carbons (Fsp3) is 0.294. The molecule has 1 heterocycles. The average molecular weight is 327 g/mol. The van der Waals surface area contributed by atoms with Crippen molar-refractivity contribution in [1.82, 2.24) is 10.2 Å². The molecule has 2 amide bonds. The molecule has 0 fully saturated rings. The highest BCUT2D eigenvalue weighted by Crippen LogP contribution is 2.16. The van der Waals surface area contributed by atoms with Crippen molar-refractivity contribution in [3.63, 3.8) is 0 Å². The summed E-state index contributed by atoms with van der Waals surface area (Å²) in [6.07, 6.45) is 0. The highest BCUT2D eigenvalue weighted by Gasteiger charge is 2.13. The number of benzene rings is 1. The van der Waals surface area contributed by atoms with E-state index in [0.29, 0.717) is 17.2 Å². The van der Waals surface area contributed by atoms with E-state index in [1.54, 1.807) is 36.4 Å². The van der Waals surface area contributed by atoms with E-state index in [-0.39, 0.29) is 23.0 Å². The second-order valence-corrected chi connectivity index (χ2v) is 6.39. The largest absolute Gasteiger partial charge is 0.364 e. The molecule has 7 nitrogen and oxygen atoms in total. The van der Waals surface area contributed by atoms with Crippen molar-refractivity contribution in [2.45, 2.75) is 33.2 Å². The van der Waals surface area contributed by atoms with Crippen LogP contribution in [0.3, 0.4) is 0 Å². The number of hydrogen-bond acceptors (Lipinski definition) is 5. The van der Waals surface area contributed by atoms with Gasteiger partial charge in [0, 0.05) is 23.8 Å². The van der Waals surface area contributed by atoms with Crippen molar-refractivity contribution in [3.8, 4) is 0 Å². The first-order valence-corrected chi connectivity index (χ1v) is 7.54. The molecule has 0 spiro atoms. The predicted octanol–water partition coefficient (Wildman–Crippen LogP) is 2.90. The minimum atomic E-state index is -0.371. The second-order valence-electron chi connectivity index (χ2n) is 6.39. The Morgan fingerprint density at radius 3 is 2.17 bits per heavy atom. The first-order chi connectivity index (χ1) is 11.2. The number of nitrogens with zero attached hydrogens (tertiary/aromatic N) is 2. The van der Waals surface area contributed by atoms with Gasteiger partial charge in [-0.15, -0.1) is 10.2 Å². The Morgan fingerprint density at radius 1 is 0.958 bits per heavy atom. The fourth-order valence-corrected chi connectivity index (χ4v) is 1.98. The molecule has 0 radical (unpaired) electrons. The maximum atomic E-state index is 12.2. The number of rotatable bonds is 4. The van der Waals surface area contributed by atoms with E-state index in [0.717, 1.165) is 0 Å². The molecular weight excluding hydrogens is 306 g/mol. The van der Waals surface area contributed by atoms with Gasteiger partial charge in [0.15, 0.2) is 5.69 Å². The third kappa shape index (κ3) is 5.35. The molecule has 0 unspecified atom stereocenters. The zero-order chi connectivity index (χ0) is 17.7. The quantitative estimate of drug-likeness (QED) is 0.802. The van der Waals surface area contributed by atoms with Gasteiger partial charge in [0.1, 0.15) is 5.82 Å². The molecule has 1 aromatic heterocycles. The summed E-state index contributed by atoms with van der Waals surface area (Å²) in [5, 5.41) is 16.5. The number of hydrogen-bond donors (Lipinski definition) is 3. The van der Waals surface area contributed by atoms with Gasteiger partial charge in [0.25, 0.3) is 5.91 Å². The highest BCUT2D eigenvalue weighted by atomic mass is 16.2. The molecule has 0 saturated carbocycles. The first-order valence-electron chi connectivity index (χ1n) is 7.54. The lowest BCUT2D eigenvalue weighted by Gasteiger charge is -2.20. The van der Waals surface area contributed by atoms with Gasteiger partial charge in [-0.1, -0.05) is 6.07 Å². The minimum Gasteiger partial charge on any atom is -0.364 e. The number of amides is 2. The molecule has 1 aromatic carbocycles. The van der Waals surface area contributed by atoms with E-state index in [9.17, 15) is 9.59 Å². The molecule has 7 heteroatoms. The molecule has 126 valence electrons. The minimum absolute atomic E-state index is 0.136. The summed E-state index contributed by atoms with van der Waals surface area (Å²) in [6, 6.07) is 10.2. The Kier molecular flexibility index (Phi) is 5.13. The predicted molar refractivity (Wildman–Crippen MR) is 94.1 cm³/mol. The summed E-state index contributed by atoms with van der Waals surface area (Å²) < 4.78 is 0. The number of anilines is 3. The van der Waals surface area contributed by atoms with Crippen molar-refractivity contribution in [2.75, 3.05) is 16.0 Å². The lowest BCUT2D eigenvalue weighted by molar-refractivity contribution is -0.114. The van der Waals surface area contributed by atoms with Crippen molar-refractivity contribution in [2.24, 2.45) is 0 Å². The van der Waals surface area contributed by atoms with E-state index >= 15 is 0 Å². The van der Waals surface area contributed by atoms with Crippen molar-refractivity contribution < 1.29 is 9.59 Å². The van der Waals surface area contributed by atoms with Crippen molar-refractivity contribution in [3.05, 3.63) is 42.1 Å². The van der Waals surface area contributed by atoms with Gasteiger partial charge >= 0.3 is 0 Å². The van der Waals surface area contributed by atoms with Crippen LogP contribution in [0.2, 0.25) is 0 Å². The van der Waals surface area contributed by atoms with Crippen LogP contribution in [-0.2, 0) is 4.79 Å². The van der Waals surface area contributed by atoms with Gasteiger partial charge in [-0.3, -0.25) is 9.59 Å². The average Bonchev–Trinajstić information content (AvgIpc) is 2.46. The number of carbonyl (C=O) groups is 2. The van der Waals surface area contributed by atoms with Crippen LogP contribution in [0.25, 0.3) is 0 Å². The third-order valence-electron chi connectivity index (χ3n) is 2.84. The van der Waals surface area contributed by atoms with Crippen LogP contribution in [0.1, 0.15) is 38.2 Å². The smallest absolute Gasteiger partial charge is 0.276 e. The van der Waals surface area contributed by atoms with Crippen LogP contribution < -0.4 is 16.0 Å². The van der Waals surface area contributed by atoms with Gasteiger partial charge < -0.3 is 16.0 Å². The van der Waals surface area contributed by atoms with Gasteiger partial charge in [-0.2, -0.15) is 0 Å². The zero-order valence-electron chi connectivity index (χ0n) is 14.2. The van der Waals surface area contributed by atoms with Crippen molar-refractivity contribution >= 4 is 29.0 Å². The van der Waals surface area contributed by atoms with E-state index in [2.05, 4.69) is 26.1 Å². The molecule has 0 aliphatic carbocycles. The fourth-order valence-electron chi connectivity index (χ4n) is 1.98. The van der Waals surface area contributed by atoms with E-state index in [1.807, 2.05) is 20.8 Å². The van der Waals surface area contributed by atoms with Crippen LogP contribution in [0.4, 0.5) is 17.2 Å². The van der Waals surface area contributed by atoms with Gasteiger partial charge in [0.2, 0.25) is 5.91 Å². The SMILES string of the molecule is CC(=O)Nc1cccc(NC(=O)c2ccc(NC(C)(C)C)nn2)c1. The first kappa shape index (κ1) is 17.4. The Bertz CT molecular complexity index is 735. The maximum absolute atomic E-state index is 12.2. The molecule has 0 aliphatic rings. The molecule has 0 atom stereocenters. The molecule has 3 N–H and O–H groups in total. The summed E-state index contributed by atoms with van der Waals surface area (Å²) in [7, 11) is 0.